The fourth-order valence-corrected chi connectivity index (χ4v) is 3.53. The molecule has 0 spiro atoms. The van der Waals surface area contributed by atoms with Gasteiger partial charge in [-0.2, -0.15) is 0 Å². The van der Waals surface area contributed by atoms with Crippen LogP contribution in [0.3, 0.4) is 0 Å². The van der Waals surface area contributed by atoms with Gasteiger partial charge < -0.3 is 5.11 Å². The van der Waals surface area contributed by atoms with Crippen molar-refractivity contribution in [2.45, 2.75) is 4.90 Å². The quantitative estimate of drug-likeness (QED) is 0.785. The molecule has 0 unspecified atom stereocenters. The fourth-order valence-electron chi connectivity index (χ4n) is 2.13. The summed E-state index contributed by atoms with van der Waals surface area (Å²) in [6, 6.07) is 13.7. The van der Waals surface area contributed by atoms with Gasteiger partial charge in [0.25, 0.3) is 10.0 Å². The summed E-state index contributed by atoms with van der Waals surface area (Å²) in [5, 5.41) is 10.3. The molecule has 0 radical (unpaired) electrons. The lowest BCUT2D eigenvalue weighted by atomic mass is 10.3. The highest BCUT2D eigenvalue weighted by Gasteiger charge is 2.25. The van der Waals surface area contributed by atoms with Crippen molar-refractivity contribution in [1.29, 1.82) is 0 Å². The first-order chi connectivity index (χ1) is 10.9. The van der Waals surface area contributed by atoms with E-state index in [-0.39, 0.29) is 4.90 Å². The molecule has 1 aromatic heterocycles. The van der Waals surface area contributed by atoms with E-state index in [0.717, 1.165) is 10.8 Å². The van der Waals surface area contributed by atoms with Crippen molar-refractivity contribution >= 4 is 21.6 Å². The predicted molar refractivity (Wildman–Crippen MR) is 85.7 cm³/mol. The maximum atomic E-state index is 12.6. The van der Waals surface area contributed by atoms with Crippen molar-refractivity contribution in [3.63, 3.8) is 0 Å². The van der Waals surface area contributed by atoms with E-state index in [1.807, 2.05) is 0 Å². The Hall–Kier alpha value is -2.51. The van der Waals surface area contributed by atoms with Crippen molar-refractivity contribution in [3.8, 4) is 11.6 Å². The van der Waals surface area contributed by atoms with Gasteiger partial charge in [-0.15, -0.1) is 3.97 Å². The molecule has 1 heterocycles. The number of aromatic hydroxyl groups is 1. The maximum absolute atomic E-state index is 12.6. The number of imidazole rings is 1. The fraction of sp³-hybridized carbons (Fsp3) is 0. The second-order valence-corrected chi connectivity index (χ2v) is 6.92. The number of hydrogen-bond acceptors (Lipinski definition) is 4. The van der Waals surface area contributed by atoms with Crippen LogP contribution in [0, 0.1) is 0 Å². The molecule has 0 saturated heterocycles. The average molecular weight is 351 g/mol. The van der Waals surface area contributed by atoms with Crippen LogP contribution < -0.4 is 5.69 Å². The van der Waals surface area contributed by atoms with Gasteiger partial charge in [-0.25, -0.2) is 13.2 Å². The maximum Gasteiger partial charge on any atom is 0.350 e. The predicted octanol–water partition coefficient (Wildman–Crippen LogP) is 2.24. The van der Waals surface area contributed by atoms with Crippen LogP contribution in [0.5, 0.6) is 5.88 Å². The van der Waals surface area contributed by atoms with E-state index in [2.05, 4.69) is 0 Å². The summed E-state index contributed by atoms with van der Waals surface area (Å²) in [7, 11) is -4.23. The van der Waals surface area contributed by atoms with Crippen LogP contribution in [0.1, 0.15) is 0 Å². The van der Waals surface area contributed by atoms with Gasteiger partial charge in [-0.3, -0.25) is 4.57 Å². The van der Waals surface area contributed by atoms with Gasteiger partial charge in [-0.05, 0) is 36.4 Å². The number of benzene rings is 2. The molecule has 2 aromatic carbocycles. The van der Waals surface area contributed by atoms with Crippen LogP contribution in [0.25, 0.3) is 5.69 Å². The standard InChI is InChI=1S/C15H11ClN2O4S/c16-11-6-8-13(9-7-11)23(21,22)18-14(19)10-17(15(18)20)12-4-2-1-3-5-12/h1-10,19H. The Kier molecular flexibility index (Phi) is 3.75. The minimum absolute atomic E-state index is 0.148. The molecule has 0 atom stereocenters. The molecule has 0 amide bonds. The summed E-state index contributed by atoms with van der Waals surface area (Å²) in [6.07, 6.45) is 1.06. The summed E-state index contributed by atoms with van der Waals surface area (Å²) in [5.41, 5.74) is -0.443. The number of rotatable bonds is 3. The van der Waals surface area contributed by atoms with Crippen LogP contribution >= 0.6 is 11.6 Å². The van der Waals surface area contributed by atoms with E-state index >= 15 is 0 Å². The Labute approximate surface area is 136 Å². The Morgan fingerprint density at radius 1 is 0.957 bits per heavy atom. The molecule has 0 aliphatic carbocycles. The molecule has 3 rings (SSSR count). The molecule has 0 saturated carbocycles. The number of nitrogens with zero attached hydrogens (tertiary/aromatic N) is 2. The van der Waals surface area contributed by atoms with Gasteiger partial charge in [0, 0.05) is 5.02 Å². The highest BCUT2D eigenvalue weighted by Crippen LogP contribution is 2.21. The Morgan fingerprint density at radius 2 is 1.57 bits per heavy atom. The van der Waals surface area contributed by atoms with Crippen LogP contribution in [-0.4, -0.2) is 22.1 Å². The van der Waals surface area contributed by atoms with Crippen molar-refractivity contribution in [3.05, 3.63) is 76.3 Å². The SMILES string of the molecule is O=c1n(-c2ccccc2)cc(O)n1S(=O)(=O)c1ccc(Cl)cc1. The summed E-state index contributed by atoms with van der Waals surface area (Å²) in [4.78, 5) is 12.3. The smallest absolute Gasteiger partial charge is 0.350 e. The van der Waals surface area contributed by atoms with E-state index < -0.39 is 21.6 Å². The second-order valence-electron chi connectivity index (χ2n) is 4.70. The molecule has 8 heteroatoms. The first-order valence-electron chi connectivity index (χ1n) is 6.51. The third-order valence-electron chi connectivity index (χ3n) is 3.22. The molecule has 0 bridgehead atoms. The summed E-state index contributed by atoms with van der Waals surface area (Å²) >= 11 is 5.74. The lowest BCUT2D eigenvalue weighted by Crippen LogP contribution is -2.28. The second kappa shape index (κ2) is 5.60. The van der Waals surface area contributed by atoms with E-state index in [4.69, 9.17) is 11.6 Å². The molecule has 0 aliphatic rings. The monoisotopic (exact) mass is 350 g/mol. The Morgan fingerprint density at radius 3 is 2.17 bits per heavy atom. The van der Waals surface area contributed by atoms with Gasteiger partial charge in [0.05, 0.1) is 16.8 Å². The van der Waals surface area contributed by atoms with Gasteiger partial charge in [0.2, 0.25) is 5.88 Å². The number of halogens is 1. The lowest BCUT2D eigenvalue weighted by molar-refractivity contribution is 0.443. The zero-order valence-electron chi connectivity index (χ0n) is 11.6. The molecular formula is C15H11ClN2O4S. The van der Waals surface area contributed by atoms with Gasteiger partial charge in [0.1, 0.15) is 0 Å². The normalized spacial score (nSPS) is 11.5. The topological polar surface area (TPSA) is 81.3 Å². The first-order valence-corrected chi connectivity index (χ1v) is 8.33. The zero-order valence-corrected chi connectivity index (χ0v) is 13.2. The minimum Gasteiger partial charge on any atom is -0.493 e. The van der Waals surface area contributed by atoms with Crippen molar-refractivity contribution in [2.24, 2.45) is 0 Å². The highest BCUT2D eigenvalue weighted by atomic mass is 35.5. The number of hydrogen-bond donors (Lipinski definition) is 1. The molecule has 118 valence electrons. The summed E-state index contributed by atoms with van der Waals surface area (Å²) in [6.45, 7) is 0. The molecule has 1 N–H and O–H groups in total. The van der Waals surface area contributed by atoms with Gasteiger partial charge >= 0.3 is 5.69 Å². The summed E-state index contributed by atoms with van der Waals surface area (Å²) in [5.74, 6) is -0.672. The van der Waals surface area contributed by atoms with Crippen LogP contribution in [-0.2, 0) is 10.0 Å². The third kappa shape index (κ3) is 2.64. The van der Waals surface area contributed by atoms with Crippen molar-refractivity contribution < 1.29 is 13.5 Å². The number of aromatic nitrogens is 2. The molecule has 3 aromatic rings. The Balaban J connectivity index is 2.20. The zero-order chi connectivity index (χ0) is 16.6. The molecule has 23 heavy (non-hydrogen) atoms. The third-order valence-corrected chi connectivity index (χ3v) is 5.16. The Bertz CT molecular complexity index is 1010. The van der Waals surface area contributed by atoms with E-state index in [1.54, 1.807) is 30.3 Å². The van der Waals surface area contributed by atoms with Crippen molar-refractivity contribution in [2.75, 3.05) is 0 Å². The van der Waals surface area contributed by atoms with E-state index in [9.17, 15) is 18.3 Å². The van der Waals surface area contributed by atoms with Crippen LogP contribution in [0.4, 0.5) is 0 Å². The van der Waals surface area contributed by atoms with E-state index in [0.29, 0.717) is 14.7 Å². The average Bonchev–Trinajstić information content (AvgIpc) is 2.84. The number of para-hydroxylation sites is 1. The van der Waals surface area contributed by atoms with Crippen LogP contribution in [0.2, 0.25) is 5.02 Å². The molecule has 0 aliphatic heterocycles. The lowest BCUT2D eigenvalue weighted by Gasteiger charge is -2.05. The van der Waals surface area contributed by atoms with E-state index in [1.165, 1.54) is 24.3 Å². The van der Waals surface area contributed by atoms with Crippen LogP contribution in [0.15, 0.2) is 70.5 Å². The minimum atomic E-state index is -4.23. The molecular weight excluding hydrogens is 340 g/mol. The largest absolute Gasteiger partial charge is 0.493 e. The van der Waals surface area contributed by atoms with Gasteiger partial charge in [-0.1, -0.05) is 29.8 Å². The molecule has 6 nitrogen and oxygen atoms in total. The highest BCUT2D eigenvalue weighted by molar-refractivity contribution is 7.90. The molecule has 0 fully saturated rings. The summed E-state index contributed by atoms with van der Waals surface area (Å²) < 4.78 is 26.6. The van der Waals surface area contributed by atoms with Crippen molar-refractivity contribution in [1.82, 2.24) is 8.54 Å². The first kappa shape index (κ1) is 15.4. The van der Waals surface area contributed by atoms with Gasteiger partial charge in [0.15, 0.2) is 0 Å².